The summed E-state index contributed by atoms with van der Waals surface area (Å²) in [5, 5.41) is 3.38. The number of hydrogen-bond acceptors (Lipinski definition) is 4. The molecule has 8 heteroatoms. The Balaban J connectivity index is 0.00000341. The van der Waals surface area contributed by atoms with Crippen molar-refractivity contribution in [2.75, 3.05) is 46.9 Å². The zero-order valence-electron chi connectivity index (χ0n) is 19.2. The van der Waals surface area contributed by atoms with E-state index in [1.165, 1.54) is 12.8 Å². The van der Waals surface area contributed by atoms with E-state index in [0.29, 0.717) is 26.2 Å². The van der Waals surface area contributed by atoms with Crippen LogP contribution in [0.25, 0.3) is 0 Å². The van der Waals surface area contributed by atoms with Gasteiger partial charge in [-0.3, -0.25) is 9.79 Å². The zero-order valence-corrected chi connectivity index (χ0v) is 21.5. The van der Waals surface area contributed by atoms with Gasteiger partial charge in [0.1, 0.15) is 0 Å². The van der Waals surface area contributed by atoms with Crippen molar-refractivity contribution in [2.45, 2.75) is 45.4 Å². The van der Waals surface area contributed by atoms with Crippen LogP contribution in [0.4, 0.5) is 0 Å². The molecule has 2 fully saturated rings. The van der Waals surface area contributed by atoms with Crippen LogP contribution in [-0.4, -0.2) is 80.8 Å². The number of aliphatic imine (C=N–C) groups is 1. The number of hydrogen-bond donors (Lipinski definition) is 1. The number of ether oxygens (including phenoxy) is 2. The molecule has 1 aliphatic heterocycles. The van der Waals surface area contributed by atoms with Crippen molar-refractivity contribution in [2.24, 2.45) is 10.9 Å². The monoisotopic (exact) mass is 544 g/mol. The first-order valence-corrected chi connectivity index (χ1v) is 11.0. The molecule has 1 amide bonds. The number of morpholine rings is 1. The first-order chi connectivity index (χ1) is 14.5. The molecule has 3 rings (SSSR count). The van der Waals surface area contributed by atoms with Crippen LogP contribution in [0.15, 0.2) is 29.3 Å². The quantitative estimate of drug-likeness (QED) is 0.236. The first-order valence-electron chi connectivity index (χ1n) is 11.0. The summed E-state index contributed by atoms with van der Waals surface area (Å²) < 4.78 is 11.4. The molecule has 0 radical (unpaired) electrons. The van der Waals surface area contributed by atoms with Gasteiger partial charge in [-0.15, -0.1) is 24.0 Å². The standard InChI is InChI=1S/C23H36N4O3.HI/c1-17-14-27(15-18(2)30-17)22(28)21-9-7-19(8-10-21)13-25-23(24-3)26(4)11-12-29-16-20-5-6-20;/h7-10,17-18,20H,5-6,11-16H2,1-4H3,(H,24,25);1H. The fraction of sp³-hybridized carbons (Fsp3) is 0.652. The lowest BCUT2D eigenvalue weighted by Gasteiger charge is -2.35. The fourth-order valence-electron chi connectivity index (χ4n) is 3.70. The average Bonchev–Trinajstić information content (AvgIpc) is 3.55. The van der Waals surface area contributed by atoms with Gasteiger partial charge in [-0.05, 0) is 50.3 Å². The molecular weight excluding hydrogens is 507 g/mol. The van der Waals surface area contributed by atoms with Crippen LogP contribution in [0.1, 0.15) is 42.6 Å². The zero-order chi connectivity index (χ0) is 21.5. The van der Waals surface area contributed by atoms with Crippen LogP contribution < -0.4 is 5.32 Å². The molecule has 1 heterocycles. The minimum Gasteiger partial charge on any atom is -0.379 e. The third-order valence-corrected chi connectivity index (χ3v) is 5.55. The Kier molecular flexibility index (Phi) is 10.5. The van der Waals surface area contributed by atoms with E-state index in [2.05, 4.69) is 15.2 Å². The van der Waals surface area contributed by atoms with Crippen LogP contribution >= 0.6 is 24.0 Å². The number of likely N-dealkylation sites (N-methyl/N-ethyl adjacent to an activating group) is 1. The van der Waals surface area contributed by atoms with E-state index in [4.69, 9.17) is 9.47 Å². The van der Waals surface area contributed by atoms with Gasteiger partial charge in [-0.2, -0.15) is 0 Å². The minimum atomic E-state index is 0. The van der Waals surface area contributed by atoms with E-state index < -0.39 is 0 Å². The number of carbonyl (C=O) groups excluding carboxylic acids is 1. The number of benzene rings is 1. The predicted molar refractivity (Wildman–Crippen MR) is 134 cm³/mol. The highest BCUT2D eigenvalue weighted by Gasteiger charge is 2.26. The van der Waals surface area contributed by atoms with Crippen molar-refractivity contribution in [3.8, 4) is 0 Å². The molecule has 1 aliphatic carbocycles. The molecule has 0 aromatic heterocycles. The molecule has 174 valence electrons. The molecule has 1 aromatic carbocycles. The molecule has 7 nitrogen and oxygen atoms in total. The minimum absolute atomic E-state index is 0. The fourth-order valence-corrected chi connectivity index (χ4v) is 3.70. The molecule has 0 spiro atoms. The summed E-state index contributed by atoms with van der Waals surface area (Å²) in [6.07, 6.45) is 2.77. The van der Waals surface area contributed by atoms with Crippen molar-refractivity contribution < 1.29 is 14.3 Å². The van der Waals surface area contributed by atoms with Gasteiger partial charge >= 0.3 is 0 Å². The maximum Gasteiger partial charge on any atom is 0.254 e. The maximum atomic E-state index is 12.8. The number of rotatable bonds is 8. The highest BCUT2D eigenvalue weighted by atomic mass is 127. The Morgan fingerprint density at radius 1 is 1.23 bits per heavy atom. The van der Waals surface area contributed by atoms with Crippen LogP contribution in [0, 0.1) is 5.92 Å². The summed E-state index contributed by atoms with van der Waals surface area (Å²) in [6, 6.07) is 7.81. The molecule has 31 heavy (non-hydrogen) atoms. The summed E-state index contributed by atoms with van der Waals surface area (Å²) >= 11 is 0. The van der Waals surface area contributed by atoms with E-state index in [9.17, 15) is 4.79 Å². The van der Waals surface area contributed by atoms with Gasteiger partial charge < -0.3 is 24.6 Å². The summed E-state index contributed by atoms with van der Waals surface area (Å²) in [7, 11) is 3.80. The van der Waals surface area contributed by atoms with Crippen molar-refractivity contribution >= 4 is 35.8 Å². The SMILES string of the molecule is CN=C(NCc1ccc(C(=O)N2CC(C)OC(C)C2)cc1)N(C)CCOCC1CC1.I. The van der Waals surface area contributed by atoms with E-state index >= 15 is 0 Å². The highest BCUT2D eigenvalue weighted by Crippen LogP contribution is 2.28. The van der Waals surface area contributed by atoms with Crippen LogP contribution in [0.5, 0.6) is 0 Å². The number of guanidine groups is 1. The van der Waals surface area contributed by atoms with Gasteiger partial charge in [0.05, 0.1) is 18.8 Å². The molecule has 2 aliphatic rings. The van der Waals surface area contributed by atoms with Crippen LogP contribution in [0.3, 0.4) is 0 Å². The van der Waals surface area contributed by atoms with Crippen molar-refractivity contribution in [1.29, 1.82) is 0 Å². The van der Waals surface area contributed by atoms with Crippen molar-refractivity contribution in [3.63, 3.8) is 0 Å². The Morgan fingerprint density at radius 3 is 2.45 bits per heavy atom. The number of nitrogens with zero attached hydrogens (tertiary/aromatic N) is 3. The van der Waals surface area contributed by atoms with Crippen molar-refractivity contribution in [1.82, 2.24) is 15.1 Å². The largest absolute Gasteiger partial charge is 0.379 e. The van der Waals surface area contributed by atoms with Gasteiger partial charge in [0.2, 0.25) is 0 Å². The summed E-state index contributed by atoms with van der Waals surface area (Å²) in [5.41, 5.74) is 1.82. The molecule has 1 aromatic rings. The number of amides is 1. The molecule has 2 atom stereocenters. The lowest BCUT2D eigenvalue weighted by Crippen LogP contribution is -2.48. The van der Waals surface area contributed by atoms with E-state index in [0.717, 1.165) is 36.2 Å². The van der Waals surface area contributed by atoms with E-state index in [1.807, 2.05) is 50.1 Å². The number of carbonyl (C=O) groups is 1. The highest BCUT2D eigenvalue weighted by molar-refractivity contribution is 14.0. The second-order valence-corrected chi connectivity index (χ2v) is 8.50. The third kappa shape index (κ3) is 8.23. The lowest BCUT2D eigenvalue weighted by molar-refractivity contribution is -0.0586. The third-order valence-electron chi connectivity index (χ3n) is 5.55. The summed E-state index contributed by atoms with van der Waals surface area (Å²) in [4.78, 5) is 21.1. The Morgan fingerprint density at radius 2 is 1.87 bits per heavy atom. The average molecular weight is 544 g/mol. The number of nitrogens with one attached hydrogen (secondary N) is 1. The summed E-state index contributed by atoms with van der Waals surface area (Å²) in [6.45, 7) is 8.34. The topological polar surface area (TPSA) is 66.4 Å². The van der Waals surface area contributed by atoms with Gasteiger partial charge in [-0.25, -0.2) is 0 Å². The Hall–Kier alpha value is -1.39. The van der Waals surface area contributed by atoms with Gasteiger partial charge in [0.25, 0.3) is 5.91 Å². The molecule has 1 saturated heterocycles. The smallest absolute Gasteiger partial charge is 0.254 e. The normalized spacial score (nSPS) is 21.4. The van der Waals surface area contributed by atoms with E-state index in [-0.39, 0.29) is 42.1 Å². The molecule has 0 bridgehead atoms. The molecule has 2 unspecified atom stereocenters. The maximum absolute atomic E-state index is 12.8. The molecule has 1 saturated carbocycles. The van der Waals surface area contributed by atoms with Gasteiger partial charge in [0.15, 0.2) is 5.96 Å². The van der Waals surface area contributed by atoms with Crippen molar-refractivity contribution in [3.05, 3.63) is 35.4 Å². The van der Waals surface area contributed by atoms with Crippen LogP contribution in [0.2, 0.25) is 0 Å². The molecule has 1 N–H and O–H groups in total. The Bertz CT molecular complexity index is 714. The Labute approximate surface area is 203 Å². The predicted octanol–water partition coefficient (Wildman–Crippen LogP) is 2.99. The van der Waals surface area contributed by atoms with Gasteiger partial charge in [-0.1, -0.05) is 12.1 Å². The molecular formula is C23H37IN4O3. The lowest BCUT2D eigenvalue weighted by atomic mass is 10.1. The van der Waals surface area contributed by atoms with Gasteiger partial charge in [0, 0.05) is 52.4 Å². The number of halogens is 1. The summed E-state index contributed by atoms with van der Waals surface area (Å²) in [5.74, 6) is 1.69. The van der Waals surface area contributed by atoms with E-state index in [1.54, 1.807) is 7.05 Å². The first kappa shape index (κ1) is 25.9. The second kappa shape index (κ2) is 12.6. The second-order valence-electron chi connectivity index (χ2n) is 8.50. The van der Waals surface area contributed by atoms with Crippen LogP contribution in [-0.2, 0) is 16.0 Å².